The lowest BCUT2D eigenvalue weighted by molar-refractivity contribution is -0.166. The van der Waals surface area contributed by atoms with Gasteiger partial charge in [0.25, 0.3) is 0 Å². The number of esters is 1. The van der Waals surface area contributed by atoms with Gasteiger partial charge in [-0.1, -0.05) is 30.3 Å². The maximum atomic E-state index is 12.0. The highest BCUT2D eigenvalue weighted by atomic mass is 16.6. The third kappa shape index (κ3) is 4.77. The number of carbonyl (C=O) groups excluding carboxylic acids is 1. The van der Waals surface area contributed by atoms with Crippen LogP contribution in [0.1, 0.15) is 18.1 Å². The molecule has 5 N–H and O–H groups in total. The number of rotatable bonds is 7. The van der Waals surface area contributed by atoms with Gasteiger partial charge in [0.1, 0.15) is 24.2 Å². The number of aliphatic hydroxyl groups excluding tert-OH is 2. The molecule has 2 unspecified atom stereocenters. The highest BCUT2D eigenvalue weighted by Crippen LogP contribution is 2.27. The zero-order chi connectivity index (χ0) is 18.4. The van der Waals surface area contributed by atoms with Gasteiger partial charge in [-0.15, -0.1) is 0 Å². The van der Waals surface area contributed by atoms with E-state index < -0.39 is 17.8 Å². The molecule has 0 radical (unpaired) electrons. The van der Waals surface area contributed by atoms with Crippen LogP contribution in [-0.4, -0.2) is 33.1 Å². The van der Waals surface area contributed by atoms with Gasteiger partial charge in [0, 0.05) is 11.6 Å². The molecule has 25 heavy (non-hydrogen) atoms. The van der Waals surface area contributed by atoms with Gasteiger partial charge >= 0.3 is 5.97 Å². The van der Waals surface area contributed by atoms with Crippen LogP contribution in [0.3, 0.4) is 0 Å². The minimum absolute atomic E-state index is 0.0115. The van der Waals surface area contributed by atoms with E-state index in [0.717, 1.165) is 12.5 Å². The smallest absolute Gasteiger partial charge is 0.361 e. The number of benzene rings is 2. The third-order valence-corrected chi connectivity index (χ3v) is 3.62. The molecular formula is C18H21NO6. The van der Waals surface area contributed by atoms with E-state index >= 15 is 0 Å². The summed E-state index contributed by atoms with van der Waals surface area (Å²) in [6.45, 7) is 1.08. The Morgan fingerprint density at radius 3 is 2.52 bits per heavy atom. The summed E-state index contributed by atoms with van der Waals surface area (Å²) >= 11 is 0. The number of aliphatic hydroxyl groups is 3. The van der Waals surface area contributed by atoms with Crippen LogP contribution in [0.15, 0.2) is 48.5 Å². The number of ether oxygens (including phenoxy) is 2. The number of hydrogen-bond donors (Lipinski definition) is 4. The van der Waals surface area contributed by atoms with Gasteiger partial charge in [0.05, 0.1) is 6.61 Å². The second-order valence-corrected chi connectivity index (χ2v) is 5.59. The van der Waals surface area contributed by atoms with Crippen molar-refractivity contribution >= 4 is 5.97 Å². The molecule has 7 heteroatoms. The fourth-order valence-corrected chi connectivity index (χ4v) is 1.94. The number of carbonyl (C=O) groups is 1. The van der Waals surface area contributed by atoms with Crippen molar-refractivity contribution in [3.05, 3.63) is 59.7 Å². The summed E-state index contributed by atoms with van der Waals surface area (Å²) in [4.78, 5) is 12.0. The average Bonchev–Trinajstić information content (AvgIpc) is 2.60. The molecule has 134 valence electrons. The van der Waals surface area contributed by atoms with Gasteiger partial charge in [-0.25, -0.2) is 4.79 Å². The minimum atomic E-state index is -2.56. The Kier molecular flexibility index (Phi) is 6.11. The highest BCUT2D eigenvalue weighted by Gasteiger charge is 2.39. The average molecular weight is 347 g/mol. The molecule has 0 aromatic heterocycles. The van der Waals surface area contributed by atoms with Crippen LogP contribution in [0.25, 0.3) is 0 Å². The van der Waals surface area contributed by atoms with Gasteiger partial charge in [0.2, 0.25) is 5.72 Å². The normalized spacial score (nSPS) is 14.4. The van der Waals surface area contributed by atoms with Crippen molar-refractivity contribution in [2.24, 2.45) is 5.73 Å². The zero-order valence-electron chi connectivity index (χ0n) is 13.8. The first-order chi connectivity index (χ1) is 11.8. The van der Waals surface area contributed by atoms with Gasteiger partial charge in [-0.2, -0.15) is 0 Å². The molecule has 0 saturated carbocycles. The van der Waals surface area contributed by atoms with Crippen LogP contribution in [0, 0.1) is 0 Å². The van der Waals surface area contributed by atoms with Crippen LogP contribution in [0.2, 0.25) is 0 Å². The predicted molar refractivity (Wildman–Crippen MR) is 89.6 cm³/mol. The topological polar surface area (TPSA) is 122 Å². The van der Waals surface area contributed by atoms with Crippen molar-refractivity contribution in [2.75, 3.05) is 0 Å². The summed E-state index contributed by atoms with van der Waals surface area (Å²) in [5, 5.41) is 28.5. The molecule has 0 aliphatic heterocycles. The lowest BCUT2D eigenvalue weighted by Gasteiger charge is -2.24. The molecule has 0 aliphatic carbocycles. The summed E-state index contributed by atoms with van der Waals surface area (Å²) in [5.41, 5.74) is 4.05. The summed E-state index contributed by atoms with van der Waals surface area (Å²) in [5.74, 6) is -0.846. The van der Waals surface area contributed by atoms with Crippen molar-refractivity contribution < 1.29 is 29.6 Å². The fourth-order valence-electron chi connectivity index (χ4n) is 1.94. The second-order valence-electron chi connectivity index (χ2n) is 5.59. The molecule has 7 nitrogen and oxygen atoms in total. The Hall–Kier alpha value is -2.45. The first kappa shape index (κ1) is 18.9. The molecule has 0 aliphatic rings. The Morgan fingerprint density at radius 2 is 1.92 bits per heavy atom. The van der Waals surface area contributed by atoms with Gasteiger partial charge in [0.15, 0.2) is 0 Å². The Bertz CT molecular complexity index is 715. The Balaban J connectivity index is 2.15. The quantitative estimate of drug-likeness (QED) is 0.330. The van der Waals surface area contributed by atoms with Crippen LogP contribution >= 0.6 is 0 Å². The van der Waals surface area contributed by atoms with Gasteiger partial charge in [-0.3, -0.25) is 5.73 Å². The maximum Gasteiger partial charge on any atom is 0.361 e. The molecule has 0 bridgehead atoms. The lowest BCUT2D eigenvalue weighted by Crippen LogP contribution is -2.58. The van der Waals surface area contributed by atoms with Crippen molar-refractivity contribution in [1.29, 1.82) is 0 Å². The standard InChI is InChI=1S/C18H21NO6/c1-12(21)18(19,23)17(22)25-16-9-15(8-7-14(16)10-20)24-11-13-5-3-2-4-6-13/h2-9,12,20-21,23H,10-11,19H2,1H3. The molecule has 0 saturated heterocycles. The van der Waals surface area contributed by atoms with Crippen LogP contribution in [0.5, 0.6) is 11.5 Å². The van der Waals surface area contributed by atoms with Crippen molar-refractivity contribution in [3.8, 4) is 11.5 Å². The van der Waals surface area contributed by atoms with E-state index in [0.29, 0.717) is 17.9 Å². The largest absolute Gasteiger partial charge is 0.489 e. The number of nitrogens with two attached hydrogens (primary N) is 1. The maximum absolute atomic E-state index is 12.0. The van der Waals surface area contributed by atoms with E-state index in [2.05, 4.69) is 0 Å². The van der Waals surface area contributed by atoms with E-state index in [1.54, 1.807) is 6.07 Å². The summed E-state index contributed by atoms with van der Waals surface area (Å²) in [7, 11) is 0. The molecule has 0 fully saturated rings. The monoisotopic (exact) mass is 347 g/mol. The minimum Gasteiger partial charge on any atom is -0.489 e. The molecule has 2 atom stereocenters. The first-order valence-corrected chi connectivity index (χ1v) is 7.66. The third-order valence-electron chi connectivity index (χ3n) is 3.62. The molecule has 0 amide bonds. The second kappa shape index (κ2) is 8.09. The van der Waals surface area contributed by atoms with Crippen LogP contribution in [-0.2, 0) is 18.0 Å². The predicted octanol–water partition coefficient (Wildman–Crippen LogP) is 0.691. The van der Waals surface area contributed by atoms with Crippen molar-refractivity contribution in [3.63, 3.8) is 0 Å². The van der Waals surface area contributed by atoms with Gasteiger partial charge in [-0.05, 0) is 24.6 Å². The molecule has 0 heterocycles. The van der Waals surface area contributed by atoms with E-state index in [1.165, 1.54) is 12.1 Å². The van der Waals surface area contributed by atoms with E-state index in [4.69, 9.17) is 15.2 Å². The molecule has 0 spiro atoms. The zero-order valence-corrected chi connectivity index (χ0v) is 13.8. The fraction of sp³-hybridized carbons (Fsp3) is 0.278. The summed E-state index contributed by atoms with van der Waals surface area (Å²) in [6.07, 6.45) is -1.53. The van der Waals surface area contributed by atoms with Crippen molar-refractivity contribution in [1.82, 2.24) is 0 Å². The first-order valence-electron chi connectivity index (χ1n) is 7.66. The molecule has 2 rings (SSSR count). The summed E-state index contributed by atoms with van der Waals surface area (Å²) < 4.78 is 10.7. The Morgan fingerprint density at radius 1 is 1.24 bits per heavy atom. The molecular weight excluding hydrogens is 326 g/mol. The van der Waals surface area contributed by atoms with E-state index in [9.17, 15) is 20.1 Å². The van der Waals surface area contributed by atoms with Crippen LogP contribution in [0.4, 0.5) is 0 Å². The van der Waals surface area contributed by atoms with Gasteiger partial charge < -0.3 is 24.8 Å². The Labute approximate surface area is 145 Å². The molecule has 2 aromatic carbocycles. The van der Waals surface area contributed by atoms with Crippen molar-refractivity contribution in [2.45, 2.75) is 32.0 Å². The SMILES string of the molecule is CC(O)C(N)(O)C(=O)Oc1cc(OCc2ccccc2)ccc1CO. The molecule has 2 aromatic rings. The van der Waals surface area contributed by atoms with E-state index in [-0.39, 0.29) is 12.4 Å². The number of hydrogen-bond acceptors (Lipinski definition) is 7. The summed E-state index contributed by atoms with van der Waals surface area (Å²) in [6, 6.07) is 14.0. The lowest BCUT2D eigenvalue weighted by atomic mass is 10.1. The highest BCUT2D eigenvalue weighted by molar-refractivity contribution is 5.81. The van der Waals surface area contributed by atoms with Crippen LogP contribution < -0.4 is 15.2 Å². The van der Waals surface area contributed by atoms with E-state index in [1.807, 2.05) is 30.3 Å².